The molecular weight excluding hydrogens is 434 g/mol. The summed E-state index contributed by atoms with van der Waals surface area (Å²) >= 11 is 5.90. The number of pyridine rings is 1. The zero-order valence-electron chi connectivity index (χ0n) is 16.5. The smallest absolute Gasteiger partial charge is 0.295 e. The molecule has 8 nitrogen and oxygen atoms in total. The fraction of sp³-hybridized carbons (Fsp3) is 0.0870. The SMILES string of the molecule is O=C1C(=O)N(Cc2ccc[nH+]c2)C(c2ccc([N+](=O)[O-])cc2)/C1=C(\[O-])c1ccc(Cl)cc1. The number of Topliss-reactive ketones (excluding diaryl/α,β-unsaturated/α-hetero) is 1. The van der Waals surface area contributed by atoms with Crippen LogP contribution >= 0.6 is 11.6 Å². The van der Waals surface area contributed by atoms with Gasteiger partial charge < -0.3 is 10.0 Å². The number of carbonyl (C=O) groups excluding carboxylic acids is 2. The van der Waals surface area contributed by atoms with E-state index in [1.54, 1.807) is 24.5 Å². The van der Waals surface area contributed by atoms with Crippen molar-refractivity contribution in [3.05, 3.63) is 110 Å². The fourth-order valence-electron chi connectivity index (χ4n) is 3.64. The molecule has 1 unspecified atom stereocenters. The van der Waals surface area contributed by atoms with Crippen LogP contribution in [0.1, 0.15) is 22.7 Å². The van der Waals surface area contributed by atoms with Crippen LogP contribution in [-0.2, 0) is 16.1 Å². The average molecular weight is 450 g/mol. The Balaban J connectivity index is 1.85. The third-order valence-electron chi connectivity index (χ3n) is 5.18. The maximum atomic E-state index is 13.3. The minimum atomic E-state index is -0.987. The van der Waals surface area contributed by atoms with E-state index in [-0.39, 0.29) is 23.4 Å². The maximum absolute atomic E-state index is 13.3. The number of nitrogens with zero attached hydrogens (tertiary/aromatic N) is 2. The highest BCUT2D eigenvalue weighted by Gasteiger charge is 2.44. The molecule has 0 radical (unpaired) electrons. The minimum absolute atomic E-state index is 0.0704. The number of amides is 1. The number of non-ortho nitro benzene ring substituents is 1. The van der Waals surface area contributed by atoms with Crippen molar-refractivity contribution >= 4 is 34.7 Å². The summed E-state index contributed by atoms with van der Waals surface area (Å²) < 4.78 is 0. The van der Waals surface area contributed by atoms with Gasteiger partial charge in [0.1, 0.15) is 0 Å². The zero-order valence-corrected chi connectivity index (χ0v) is 17.3. The highest BCUT2D eigenvalue weighted by atomic mass is 35.5. The van der Waals surface area contributed by atoms with Crippen LogP contribution in [0.25, 0.3) is 5.76 Å². The van der Waals surface area contributed by atoms with Crippen molar-refractivity contribution in [2.75, 3.05) is 0 Å². The zero-order chi connectivity index (χ0) is 22.8. The number of nitrogens with one attached hydrogen (secondary N) is 1. The van der Waals surface area contributed by atoms with E-state index in [0.717, 1.165) is 5.56 Å². The summed E-state index contributed by atoms with van der Waals surface area (Å²) in [5.41, 5.74) is 1.02. The van der Waals surface area contributed by atoms with Crippen LogP contribution in [-0.4, -0.2) is 21.5 Å². The number of aromatic nitrogens is 1. The number of nitro groups is 1. The molecule has 1 aliphatic rings. The van der Waals surface area contributed by atoms with Gasteiger partial charge in [-0.3, -0.25) is 19.7 Å². The number of hydrogen-bond donors (Lipinski definition) is 0. The molecule has 4 rings (SSSR count). The summed E-state index contributed by atoms with van der Waals surface area (Å²) in [6.45, 7) is 0.0704. The molecule has 1 fully saturated rings. The monoisotopic (exact) mass is 449 g/mol. The number of ketones is 1. The Morgan fingerprint density at radius 1 is 1.06 bits per heavy atom. The van der Waals surface area contributed by atoms with E-state index in [1.165, 1.54) is 53.4 Å². The Kier molecular flexibility index (Phi) is 5.70. The average Bonchev–Trinajstić information content (AvgIpc) is 3.05. The van der Waals surface area contributed by atoms with Gasteiger partial charge in [-0.05, 0) is 41.5 Å². The van der Waals surface area contributed by atoms with Crippen LogP contribution in [0.5, 0.6) is 0 Å². The highest BCUT2D eigenvalue weighted by molar-refractivity contribution is 6.46. The van der Waals surface area contributed by atoms with Gasteiger partial charge in [-0.15, -0.1) is 0 Å². The van der Waals surface area contributed by atoms with E-state index in [1.807, 2.05) is 0 Å². The number of benzene rings is 2. The first-order valence-electron chi connectivity index (χ1n) is 9.58. The van der Waals surface area contributed by atoms with Gasteiger partial charge in [-0.25, -0.2) is 4.98 Å². The van der Waals surface area contributed by atoms with E-state index in [9.17, 15) is 24.8 Å². The summed E-state index contributed by atoms with van der Waals surface area (Å²) in [4.78, 5) is 40.6. The van der Waals surface area contributed by atoms with Gasteiger partial charge >= 0.3 is 0 Å². The molecule has 1 amide bonds. The Bertz CT molecular complexity index is 1220. The first-order chi connectivity index (χ1) is 15.4. The molecule has 3 aromatic rings. The fourth-order valence-corrected chi connectivity index (χ4v) is 3.77. The van der Waals surface area contributed by atoms with Gasteiger partial charge in [0.25, 0.3) is 11.6 Å². The summed E-state index contributed by atoms with van der Waals surface area (Å²) in [5, 5.41) is 24.7. The van der Waals surface area contributed by atoms with Crippen molar-refractivity contribution in [1.29, 1.82) is 0 Å². The summed E-state index contributed by atoms with van der Waals surface area (Å²) in [7, 11) is 0. The van der Waals surface area contributed by atoms with Crippen molar-refractivity contribution in [1.82, 2.24) is 4.90 Å². The number of likely N-dealkylation sites (tertiary alicyclic amines) is 1. The van der Waals surface area contributed by atoms with Gasteiger partial charge in [0, 0.05) is 34.4 Å². The number of hydrogen-bond acceptors (Lipinski definition) is 5. The minimum Gasteiger partial charge on any atom is -0.872 e. The summed E-state index contributed by atoms with van der Waals surface area (Å²) in [6.07, 6.45) is 3.39. The number of halogens is 1. The van der Waals surface area contributed by atoms with Crippen molar-refractivity contribution in [2.45, 2.75) is 12.6 Å². The van der Waals surface area contributed by atoms with Crippen LogP contribution in [0.3, 0.4) is 0 Å². The molecule has 2 aromatic carbocycles. The first-order valence-corrected chi connectivity index (χ1v) is 9.96. The summed E-state index contributed by atoms with van der Waals surface area (Å²) in [5.74, 6) is -2.30. The molecule has 9 heteroatoms. The number of aromatic amines is 1. The third kappa shape index (κ3) is 3.95. The number of carbonyl (C=O) groups is 2. The van der Waals surface area contributed by atoms with Crippen LogP contribution in [0.15, 0.2) is 78.6 Å². The van der Waals surface area contributed by atoms with E-state index in [2.05, 4.69) is 4.98 Å². The van der Waals surface area contributed by atoms with Crippen LogP contribution in [0.2, 0.25) is 5.02 Å². The Hall–Kier alpha value is -4.04. The van der Waals surface area contributed by atoms with E-state index in [4.69, 9.17) is 11.6 Å². The number of nitro benzene ring substituents is 1. The van der Waals surface area contributed by atoms with Crippen LogP contribution < -0.4 is 10.1 Å². The topological polar surface area (TPSA) is 118 Å². The van der Waals surface area contributed by atoms with Crippen molar-refractivity contribution in [2.24, 2.45) is 0 Å². The number of rotatable bonds is 5. The lowest BCUT2D eigenvalue weighted by Crippen LogP contribution is -2.29. The third-order valence-corrected chi connectivity index (χ3v) is 5.43. The number of H-pyrrole nitrogens is 1. The van der Waals surface area contributed by atoms with E-state index < -0.39 is 28.4 Å². The lowest BCUT2D eigenvalue weighted by Gasteiger charge is -2.27. The molecule has 0 aliphatic carbocycles. The second-order valence-corrected chi connectivity index (χ2v) is 7.61. The maximum Gasteiger partial charge on any atom is 0.295 e. The lowest BCUT2D eigenvalue weighted by atomic mass is 9.95. The molecule has 160 valence electrons. The van der Waals surface area contributed by atoms with Gasteiger partial charge in [-0.1, -0.05) is 29.5 Å². The molecule has 1 aliphatic heterocycles. The predicted octanol–water partition coefficient (Wildman–Crippen LogP) is 2.49. The summed E-state index contributed by atoms with van der Waals surface area (Å²) in [6, 6.07) is 14.0. The molecule has 0 bridgehead atoms. The van der Waals surface area contributed by atoms with E-state index in [0.29, 0.717) is 10.6 Å². The molecule has 1 N–H and O–H groups in total. The molecule has 1 aromatic heterocycles. The standard InChI is InChI=1S/C23H16ClN3O5/c24-17-7-3-16(4-8-17)21(28)19-20(15-5-9-18(10-6-15)27(31)32)26(23(30)22(19)29)13-14-2-1-11-25-12-14/h1-12,20,28H,13H2/b21-19+. The van der Waals surface area contributed by atoms with Crippen molar-refractivity contribution < 1.29 is 24.6 Å². The van der Waals surface area contributed by atoms with Crippen LogP contribution in [0, 0.1) is 10.1 Å². The second-order valence-electron chi connectivity index (χ2n) is 7.17. The van der Waals surface area contributed by atoms with Gasteiger partial charge in [0.15, 0.2) is 12.4 Å². The Morgan fingerprint density at radius 3 is 2.34 bits per heavy atom. The Morgan fingerprint density at radius 2 is 1.75 bits per heavy atom. The van der Waals surface area contributed by atoms with Crippen LogP contribution in [0.4, 0.5) is 5.69 Å². The molecule has 0 spiro atoms. The van der Waals surface area contributed by atoms with Gasteiger partial charge in [0.2, 0.25) is 5.78 Å². The Labute approximate surface area is 187 Å². The predicted molar refractivity (Wildman–Crippen MR) is 113 cm³/mol. The normalized spacial score (nSPS) is 17.5. The molecule has 1 atom stereocenters. The highest BCUT2D eigenvalue weighted by Crippen LogP contribution is 2.40. The van der Waals surface area contributed by atoms with Crippen molar-refractivity contribution in [3.8, 4) is 0 Å². The van der Waals surface area contributed by atoms with Gasteiger partial charge in [0.05, 0.1) is 17.5 Å². The molecule has 1 saturated heterocycles. The lowest BCUT2D eigenvalue weighted by molar-refractivity contribution is -0.384. The van der Waals surface area contributed by atoms with Gasteiger partial charge in [-0.2, -0.15) is 0 Å². The molecular formula is C23H16ClN3O5. The van der Waals surface area contributed by atoms with E-state index >= 15 is 0 Å². The first kappa shape index (κ1) is 21.2. The molecule has 0 saturated carbocycles. The van der Waals surface area contributed by atoms with Crippen molar-refractivity contribution in [3.63, 3.8) is 0 Å². The molecule has 2 heterocycles. The second kappa shape index (κ2) is 8.60. The largest absolute Gasteiger partial charge is 0.872 e. The quantitative estimate of drug-likeness (QED) is 0.195. The molecule has 32 heavy (non-hydrogen) atoms.